The van der Waals surface area contributed by atoms with Gasteiger partial charge in [0.05, 0.1) is 6.61 Å². The maximum absolute atomic E-state index is 12.6. The first-order chi connectivity index (χ1) is 12.6. The van der Waals surface area contributed by atoms with Gasteiger partial charge in [-0.2, -0.15) is 0 Å². The number of benzene rings is 2. The highest BCUT2D eigenvalue weighted by molar-refractivity contribution is 6.27. The van der Waals surface area contributed by atoms with E-state index in [1.165, 1.54) is 0 Å². The van der Waals surface area contributed by atoms with Crippen molar-refractivity contribution in [2.45, 2.75) is 6.92 Å². The number of allylic oxidation sites excluding steroid dienone is 1. The Hall–Kier alpha value is -3.47. The maximum atomic E-state index is 12.6. The summed E-state index contributed by atoms with van der Waals surface area (Å²) in [4.78, 5) is 37.4. The highest BCUT2D eigenvalue weighted by atomic mass is 16.5. The van der Waals surface area contributed by atoms with Gasteiger partial charge in [0.15, 0.2) is 11.5 Å². The third kappa shape index (κ3) is 3.62. The Morgan fingerprint density at radius 1 is 1.00 bits per heavy atom. The third-order valence-electron chi connectivity index (χ3n) is 3.72. The fraction of sp³-hybridized carbons (Fsp3) is 0.0952. The average molecular weight is 348 g/mol. The number of Topliss-reactive ketones (excluding diaryl/α,β-unsaturated/α-hetero) is 1. The summed E-state index contributed by atoms with van der Waals surface area (Å²) in [6.45, 7) is 1.72. The molecule has 5 nitrogen and oxygen atoms in total. The molecule has 0 spiro atoms. The number of ether oxygens (including phenoxy) is 1. The molecule has 0 fully saturated rings. The molecule has 5 heteroatoms. The van der Waals surface area contributed by atoms with Crippen molar-refractivity contribution < 1.29 is 23.5 Å². The molecule has 0 radical (unpaired) electrons. The minimum Gasteiger partial charge on any atom is -0.462 e. The third-order valence-corrected chi connectivity index (χ3v) is 3.72. The largest absolute Gasteiger partial charge is 0.462 e. The lowest BCUT2D eigenvalue weighted by Gasteiger charge is -2.06. The van der Waals surface area contributed by atoms with Gasteiger partial charge in [0.25, 0.3) is 0 Å². The van der Waals surface area contributed by atoms with Crippen LogP contribution in [0, 0.1) is 0 Å². The van der Waals surface area contributed by atoms with Crippen molar-refractivity contribution in [3.8, 4) is 0 Å². The highest BCUT2D eigenvalue weighted by Gasteiger charge is 2.23. The van der Waals surface area contributed by atoms with Gasteiger partial charge in [-0.05, 0) is 19.1 Å². The van der Waals surface area contributed by atoms with Gasteiger partial charge in [-0.15, -0.1) is 0 Å². The smallest absolute Gasteiger partial charge is 0.342 e. The molecule has 0 unspecified atom stereocenters. The Morgan fingerprint density at radius 3 is 2.38 bits per heavy atom. The number of para-hydroxylation sites is 1. The van der Waals surface area contributed by atoms with E-state index in [0.717, 1.165) is 11.5 Å². The fourth-order valence-electron chi connectivity index (χ4n) is 2.48. The molecule has 3 aromatic rings. The van der Waals surface area contributed by atoms with E-state index in [1.807, 2.05) is 6.07 Å². The molecule has 1 aromatic heterocycles. The van der Waals surface area contributed by atoms with Crippen LogP contribution >= 0.6 is 0 Å². The van der Waals surface area contributed by atoms with E-state index in [2.05, 4.69) is 0 Å². The van der Waals surface area contributed by atoms with E-state index in [9.17, 15) is 14.4 Å². The standard InChI is InChI=1S/C21H16O5/c1-2-25-21(24)16(20(23)14-8-4-3-5-9-14)13-17(22)19-12-15-10-6-7-11-18(15)26-19/h3-13H,2H2,1H3/b16-13+. The van der Waals surface area contributed by atoms with E-state index in [-0.39, 0.29) is 17.9 Å². The van der Waals surface area contributed by atoms with Crippen molar-refractivity contribution in [1.29, 1.82) is 0 Å². The number of furan rings is 1. The Kier molecular flexibility index (Phi) is 5.08. The summed E-state index contributed by atoms with van der Waals surface area (Å²) in [6, 6.07) is 17.0. The van der Waals surface area contributed by atoms with E-state index in [0.29, 0.717) is 11.1 Å². The van der Waals surface area contributed by atoms with E-state index >= 15 is 0 Å². The number of hydrogen-bond acceptors (Lipinski definition) is 5. The molecule has 2 aromatic carbocycles. The molecule has 0 saturated heterocycles. The number of hydrogen-bond donors (Lipinski definition) is 0. The van der Waals surface area contributed by atoms with Gasteiger partial charge < -0.3 is 9.15 Å². The van der Waals surface area contributed by atoms with Gasteiger partial charge in [0.1, 0.15) is 11.2 Å². The molecular weight excluding hydrogens is 332 g/mol. The van der Waals surface area contributed by atoms with E-state index in [1.54, 1.807) is 61.5 Å². The molecule has 0 aliphatic heterocycles. The Balaban J connectivity index is 1.98. The first kappa shape index (κ1) is 17.4. The Labute approximate surface area is 149 Å². The van der Waals surface area contributed by atoms with Crippen LogP contribution in [-0.2, 0) is 9.53 Å². The second kappa shape index (κ2) is 7.61. The van der Waals surface area contributed by atoms with Crippen molar-refractivity contribution >= 4 is 28.5 Å². The summed E-state index contributed by atoms with van der Waals surface area (Å²) in [5, 5.41) is 0.760. The molecule has 3 rings (SSSR count). The van der Waals surface area contributed by atoms with Crippen LogP contribution in [0.2, 0.25) is 0 Å². The minimum absolute atomic E-state index is 0.0499. The quantitative estimate of drug-likeness (QED) is 0.221. The Morgan fingerprint density at radius 2 is 1.69 bits per heavy atom. The van der Waals surface area contributed by atoms with Gasteiger partial charge in [-0.25, -0.2) is 4.79 Å². The molecule has 130 valence electrons. The minimum atomic E-state index is -0.842. The van der Waals surface area contributed by atoms with E-state index < -0.39 is 17.5 Å². The summed E-state index contributed by atoms with van der Waals surface area (Å²) in [5.41, 5.74) is 0.518. The van der Waals surface area contributed by atoms with Crippen LogP contribution in [-0.4, -0.2) is 24.1 Å². The number of fused-ring (bicyclic) bond motifs is 1. The molecule has 0 atom stereocenters. The molecule has 0 bridgehead atoms. The van der Waals surface area contributed by atoms with Gasteiger partial charge >= 0.3 is 5.97 Å². The zero-order chi connectivity index (χ0) is 18.5. The van der Waals surface area contributed by atoms with Gasteiger partial charge in [-0.1, -0.05) is 48.5 Å². The second-order valence-corrected chi connectivity index (χ2v) is 5.49. The number of carbonyl (C=O) groups is 3. The van der Waals surface area contributed by atoms with Gasteiger partial charge in [0.2, 0.25) is 5.78 Å². The SMILES string of the molecule is CCOC(=O)/C(=C/C(=O)c1cc2ccccc2o1)C(=O)c1ccccc1. The van der Waals surface area contributed by atoms with Crippen molar-refractivity contribution in [2.75, 3.05) is 6.61 Å². The summed E-state index contributed by atoms with van der Waals surface area (Å²) in [7, 11) is 0. The zero-order valence-electron chi connectivity index (χ0n) is 14.1. The van der Waals surface area contributed by atoms with Gasteiger partial charge in [-0.3, -0.25) is 9.59 Å². The van der Waals surface area contributed by atoms with Crippen LogP contribution in [0.5, 0.6) is 0 Å². The number of carbonyl (C=O) groups excluding carboxylic acids is 3. The predicted molar refractivity (Wildman–Crippen MR) is 96.0 cm³/mol. The predicted octanol–water partition coefficient (Wildman–Crippen LogP) is 3.99. The summed E-state index contributed by atoms with van der Waals surface area (Å²) in [5.74, 6) is -1.94. The summed E-state index contributed by atoms with van der Waals surface area (Å²) >= 11 is 0. The first-order valence-electron chi connectivity index (χ1n) is 8.11. The van der Waals surface area contributed by atoms with Crippen LogP contribution in [0.3, 0.4) is 0 Å². The molecule has 0 N–H and O–H groups in total. The zero-order valence-corrected chi connectivity index (χ0v) is 14.1. The van der Waals surface area contributed by atoms with Gasteiger partial charge in [0, 0.05) is 17.0 Å². The number of ketones is 2. The maximum Gasteiger partial charge on any atom is 0.342 e. The molecule has 0 saturated carbocycles. The number of rotatable bonds is 6. The first-order valence-corrected chi connectivity index (χ1v) is 8.11. The molecular formula is C21H16O5. The van der Waals surface area contributed by atoms with Crippen LogP contribution in [0.4, 0.5) is 0 Å². The Bertz CT molecular complexity index is 962. The topological polar surface area (TPSA) is 73.6 Å². The lowest BCUT2D eigenvalue weighted by atomic mass is 10.0. The van der Waals surface area contributed by atoms with Crippen LogP contribution in [0.1, 0.15) is 27.8 Å². The van der Waals surface area contributed by atoms with Crippen molar-refractivity contribution in [2.24, 2.45) is 0 Å². The lowest BCUT2D eigenvalue weighted by Crippen LogP contribution is -2.17. The van der Waals surface area contributed by atoms with Crippen molar-refractivity contribution in [1.82, 2.24) is 0 Å². The average Bonchev–Trinajstić information content (AvgIpc) is 3.10. The van der Waals surface area contributed by atoms with Crippen LogP contribution < -0.4 is 0 Å². The molecule has 0 aliphatic rings. The second-order valence-electron chi connectivity index (χ2n) is 5.49. The molecule has 26 heavy (non-hydrogen) atoms. The van der Waals surface area contributed by atoms with Crippen molar-refractivity contribution in [3.05, 3.63) is 83.6 Å². The van der Waals surface area contributed by atoms with Crippen LogP contribution in [0.15, 0.2) is 76.7 Å². The monoisotopic (exact) mass is 348 g/mol. The summed E-state index contributed by atoms with van der Waals surface area (Å²) in [6.07, 6.45) is 0.977. The van der Waals surface area contributed by atoms with Crippen molar-refractivity contribution in [3.63, 3.8) is 0 Å². The molecule has 1 heterocycles. The summed E-state index contributed by atoms with van der Waals surface area (Å²) < 4.78 is 10.4. The normalized spacial score (nSPS) is 11.3. The molecule has 0 amide bonds. The molecule has 0 aliphatic carbocycles. The highest BCUT2D eigenvalue weighted by Crippen LogP contribution is 2.20. The number of esters is 1. The fourth-order valence-corrected chi connectivity index (χ4v) is 2.48. The van der Waals surface area contributed by atoms with E-state index in [4.69, 9.17) is 9.15 Å². The van der Waals surface area contributed by atoms with Crippen LogP contribution in [0.25, 0.3) is 11.0 Å². The lowest BCUT2D eigenvalue weighted by molar-refractivity contribution is -0.138.